The van der Waals surface area contributed by atoms with E-state index in [1.807, 2.05) is 0 Å². The average molecular weight is 384 g/mol. The summed E-state index contributed by atoms with van der Waals surface area (Å²) in [4.78, 5) is 18.2. The normalized spacial score (nSPS) is 15.2. The third kappa shape index (κ3) is 4.58. The van der Waals surface area contributed by atoms with Crippen LogP contribution in [0.15, 0.2) is 18.2 Å². The van der Waals surface area contributed by atoms with E-state index in [4.69, 9.17) is 11.6 Å². The third-order valence-electron chi connectivity index (χ3n) is 4.29. The fourth-order valence-corrected chi connectivity index (χ4v) is 3.61. The summed E-state index contributed by atoms with van der Waals surface area (Å²) in [5.41, 5.74) is 0.681. The average Bonchev–Trinajstić information content (AvgIpc) is 3.05. The lowest BCUT2D eigenvalue weighted by Crippen LogP contribution is -2.41. The zero-order chi connectivity index (χ0) is 17.8. The maximum absolute atomic E-state index is 13.9. The second-order valence-electron chi connectivity index (χ2n) is 5.97. The molecule has 0 saturated carbocycles. The second kappa shape index (κ2) is 7.97. The number of carbonyl (C=O) groups excluding carboxylic acids is 1. The fraction of sp³-hybridized carbons (Fsp3) is 0.438. The number of amides is 2. The quantitative estimate of drug-likeness (QED) is 0.841. The van der Waals surface area contributed by atoms with E-state index in [1.54, 1.807) is 24.1 Å². The van der Waals surface area contributed by atoms with E-state index >= 15 is 0 Å². The summed E-state index contributed by atoms with van der Waals surface area (Å²) in [5.74, 6) is 0.588. The number of carbonyl (C=O) groups is 1. The highest BCUT2D eigenvalue weighted by atomic mass is 35.5. The summed E-state index contributed by atoms with van der Waals surface area (Å²) in [5, 5.41) is 6.47. The molecule has 0 bridgehead atoms. The van der Waals surface area contributed by atoms with Gasteiger partial charge in [-0.05, 0) is 42.9 Å². The van der Waals surface area contributed by atoms with Crippen molar-refractivity contribution in [2.45, 2.75) is 19.3 Å². The van der Waals surface area contributed by atoms with Crippen LogP contribution in [0.2, 0.25) is 5.02 Å². The molecule has 0 atom stereocenters. The molecule has 2 N–H and O–H groups in total. The molecule has 1 aromatic carbocycles. The van der Waals surface area contributed by atoms with Crippen LogP contribution in [0.1, 0.15) is 18.4 Å². The van der Waals surface area contributed by atoms with Crippen LogP contribution in [0.3, 0.4) is 0 Å². The minimum Gasteiger partial charge on any atom is -0.356 e. The van der Waals surface area contributed by atoms with Crippen LogP contribution in [0.4, 0.5) is 20.3 Å². The predicted molar refractivity (Wildman–Crippen MR) is 97.9 cm³/mol. The Balaban J connectivity index is 1.50. The van der Waals surface area contributed by atoms with Gasteiger partial charge in [0.05, 0.1) is 0 Å². The minimum absolute atomic E-state index is 0.171. The lowest BCUT2D eigenvalue weighted by atomic mass is 9.90. The number of hydrogen-bond acceptors (Lipinski definition) is 5. The van der Waals surface area contributed by atoms with Crippen molar-refractivity contribution in [1.82, 2.24) is 14.3 Å². The lowest BCUT2D eigenvalue weighted by molar-refractivity contribution is 0.182. The first-order valence-corrected chi connectivity index (χ1v) is 9.21. The molecule has 1 fully saturated rings. The first-order valence-electron chi connectivity index (χ1n) is 8.06. The summed E-state index contributed by atoms with van der Waals surface area (Å²) in [6.07, 6.45) is 2.35. The molecule has 2 amide bonds. The van der Waals surface area contributed by atoms with E-state index < -0.39 is 0 Å². The number of likely N-dealkylation sites (tertiary alicyclic amines) is 1. The molecular formula is C16H19ClFN5OS. The van der Waals surface area contributed by atoms with E-state index in [-0.39, 0.29) is 11.8 Å². The number of nitrogens with zero attached hydrogens (tertiary/aromatic N) is 3. The van der Waals surface area contributed by atoms with E-state index in [0.717, 1.165) is 24.4 Å². The van der Waals surface area contributed by atoms with Crippen LogP contribution in [0.25, 0.3) is 0 Å². The first kappa shape index (κ1) is 17.9. The van der Waals surface area contributed by atoms with Gasteiger partial charge in [0.15, 0.2) is 0 Å². The molecule has 134 valence electrons. The number of rotatable bonds is 4. The van der Waals surface area contributed by atoms with Gasteiger partial charge in [-0.2, -0.15) is 9.36 Å². The van der Waals surface area contributed by atoms with Crippen LogP contribution in [0.5, 0.6) is 0 Å². The molecule has 1 saturated heterocycles. The second-order valence-corrected chi connectivity index (χ2v) is 7.16. The lowest BCUT2D eigenvalue weighted by Gasteiger charge is -2.31. The third-order valence-corrected chi connectivity index (χ3v) is 5.15. The van der Waals surface area contributed by atoms with Crippen molar-refractivity contribution < 1.29 is 9.18 Å². The van der Waals surface area contributed by atoms with Crippen LogP contribution in [-0.4, -0.2) is 40.4 Å². The van der Waals surface area contributed by atoms with E-state index in [9.17, 15) is 9.18 Å². The Bertz CT molecular complexity index is 748. The largest absolute Gasteiger partial charge is 0.356 e. The van der Waals surface area contributed by atoms with E-state index in [0.29, 0.717) is 47.1 Å². The highest BCUT2D eigenvalue weighted by molar-refractivity contribution is 7.10. The molecule has 25 heavy (non-hydrogen) atoms. The van der Waals surface area contributed by atoms with Gasteiger partial charge in [0.2, 0.25) is 11.1 Å². The van der Waals surface area contributed by atoms with Crippen LogP contribution < -0.4 is 10.6 Å². The number of urea groups is 1. The van der Waals surface area contributed by atoms with Crippen molar-refractivity contribution in [3.05, 3.63) is 34.6 Å². The SMILES string of the molecule is CNc1nsc(NC(=O)N2CCC(Cc3ccc(Cl)cc3F)CC2)n1. The molecule has 0 aliphatic carbocycles. The zero-order valence-corrected chi connectivity index (χ0v) is 15.3. The van der Waals surface area contributed by atoms with Crippen molar-refractivity contribution in [2.24, 2.45) is 5.92 Å². The summed E-state index contributed by atoms with van der Waals surface area (Å²) < 4.78 is 18.0. The van der Waals surface area contributed by atoms with Gasteiger partial charge in [-0.3, -0.25) is 5.32 Å². The topological polar surface area (TPSA) is 70.2 Å². The summed E-state index contributed by atoms with van der Waals surface area (Å²) in [6, 6.07) is 4.63. The number of aromatic nitrogens is 2. The molecule has 2 heterocycles. The molecular weight excluding hydrogens is 365 g/mol. The number of benzene rings is 1. The first-order chi connectivity index (χ1) is 12.0. The molecule has 9 heteroatoms. The number of piperidine rings is 1. The number of nitrogens with one attached hydrogen (secondary N) is 2. The molecule has 1 aliphatic rings. The Kier molecular flexibility index (Phi) is 5.70. The van der Waals surface area contributed by atoms with Gasteiger partial charge in [-0.25, -0.2) is 9.18 Å². The zero-order valence-electron chi connectivity index (χ0n) is 13.8. The van der Waals surface area contributed by atoms with Crippen molar-refractivity contribution in [3.63, 3.8) is 0 Å². The Morgan fingerprint density at radius 1 is 1.44 bits per heavy atom. The van der Waals surface area contributed by atoms with Crippen LogP contribution in [0, 0.1) is 11.7 Å². The molecule has 6 nitrogen and oxygen atoms in total. The summed E-state index contributed by atoms with van der Waals surface area (Å²) >= 11 is 6.92. The van der Waals surface area contributed by atoms with Gasteiger partial charge in [-0.15, -0.1) is 0 Å². The summed E-state index contributed by atoms with van der Waals surface area (Å²) in [7, 11) is 1.72. The Morgan fingerprint density at radius 3 is 2.84 bits per heavy atom. The predicted octanol–water partition coefficient (Wildman–Crippen LogP) is 3.86. The Labute approximate surface area is 154 Å². The molecule has 1 aromatic heterocycles. The van der Waals surface area contributed by atoms with Gasteiger partial charge in [0.1, 0.15) is 5.82 Å². The molecule has 3 rings (SSSR count). The maximum atomic E-state index is 13.9. The monoisotopic (exact) mass is 383 g/mol. The van der Waals surface area contributed by atoms with E-state index in [1.165, 1.54) is 6.07 Å². The molecule has 2 aromatic rings. The van der Waals surface area contributed by atoms with Gasteiger partial charge in [0, 0.05) is 36.7 Å². The number of hydrogen-bond donors (Lipinski definition) is 2. The fourth-order valence-electron chi connectivity index (χ4n) is 2.88. The van der Waals surface area contributed by atoms with Gasteiger partial charge in [0.25, 0.3) is 0 Å². The van der Waals surface area contributed by atoms with Crippen molar-refractivity contribution in [2.75, 3.05) is 30.8 Å². The molecule has 0 unspecified atom stereocenters. The van der Waals surface area contributed by atoms with Gasteiger partial charge in [-0.1, -0.05) is 17.7 Å². The van der Waals surface area contributed by atoms with Gasteiger partial charge >= 0.3 is 6.03 Å². The summed E-state index contributed by atoms with van der Waals surface area (Å²) in [6.45, 7) is 1.28. The van der Waals surface area contributed by atoms with Crippen LogP contribution in [-0.2, 0) is 6.42 Å². The minimum atomic E-state index is -0.260. The standard InChI is InChI=1S/C16H19ClFN5OS/c1-19-14-20-15(25-22-14)21-16(24)23-6-4-10(5-7-23)8-11-2-3-12(17)9-13(11)18/h2-3,9-10H,4-8H2,1H3,(H2,19,20,21,22,24). The van der Waals surface area contributed by atoms with Gasteiger partial charge < -0.3 is 10.2 Å². The highest BCUT2D eigenvalue weighted by Gasteiger charge is 2.24. The van der Waals surface area contributed by atoms with Crippen molar-refractivity contribution >= 4 is 40.2 Å². The smallest absolute Gasteiger partial charge is 0.323 e. The molecule has 1 aliphatic heterocycles. The van der Waals surface area contributed by atoms with Crippen LogP contribution >= 0.6 is 23.1 Å². The van der Waals surface area contributed by atoms with Crippen molar-refractivity contribution in [1.29, 1.82) is 0 Å². The number of halogens is 2. The Hall–Kier alpha value is -1.93. The maximum Gasteiger partial charge on any atom is 0.323 e. The van der Waals surface area contributed by atoms with Crippen molar-refractivity contribution in [3.8, 4) is 0 Å². The molecule has 0 radical (unpaired) electrons. The molecule has 0 spiro atoms. The van der Waals surface area contributed by atoms with E-state index in [2.05, 4.69) is 20.0 Å². The Morgan fingerprint density at radius 2 is 2.20 bits per heavy atom. The number of anilines is 2. The highest BCUT2D eigenvalue weighted by Crippen LogP contribution is 2.25.